The molecule has 0 saturated carbocycles. The van der Waals surface area contributed by atoms with Crippen molar-refractivity contribution in [2.75, 3.05) is 19.6 Å². The van der Waals surface area contributed by atoms with Gasteiger partial charge in [-0.05, 0) is 31.2 Å². The van der Waals surface area contributed by atoms with Crippen LogP contribution in [0.15, 0.2) is 30.3 Å². The molecule has 2 atom stereocenters. The largest absolute Gasteiger partial charge is 0.341 e. The summed E-state index contributed by atoms with van der Waals surface area (Å²) in [4.78, 5) is 14.5. The third-order valence-corrected chi connectivity index (χ3v) is 4.39. The molecule has 2 rings (SSSR count). The summed E-state index contributed by atoms with van der Waals surface area (Å²) >= 11 is 0. The van der Waals surface area contributed by atoms with Crippen LogP contribution in [0.4, 0.5) is 0 Å². The Morgan fingerprint density at radius 3 is 2.33 bits per heavy atom. The molecule has 2 unspecified atom stereocenters. The van der Waals surface area contributed by atoms with E-state index < -0.39 is 0 Å². The van der Waals surface area contributed by atoms with Crippen LogP contribution in [0.5, 0.6) is 0 Å². The number of nitrogens with zero attached hydrogens (tertiary/aromatic N) is 1. The molecule has 1 aromatic rings. The molecule has 1 aliphatic rings. The average Bonchev–Trinajstić information content (AvgIpc) is 2.81. The van der Waals surface area contributed by atoms with Gasteiger partial charge in [0.2, 0.25) is 5.91 Å². The summed E-state index contributed by atoms with van der Waals surface area (Å²) in [5.41, 5.74) is 1.32. The molecule has 0 radical (unpaired) electrons. The Bertz CT molecular complexity index is 424. The van der Waals surface area contributed by atoms with Crippen molar-refractivity contribution in [1.82, 2.24) is 10.2 Å². The molecule has 21 heavy (non-hydrogen) atoms. The highest BCUT2D eigenvalue weighted by atomic mass is 16.2. The van der Waals surface area contributed by atoms with Gasteiger partial charge in [0, 0.05) is 19.6 Å². The number of likely N-dealkylation sites (tertiary alicyclic amines) is 1. The summed E-state index contributed by atoms with van der Waals surface area (Å²) in [6.07, 6.45) is 4.82. The van der Waals surface area contributed by atoms with Crippen LogP contribution in [0.2, 0.25) is 0 Å². The van der Waals surface area contributed by atoms with Crippen LogP contribution in [0.3, 0.4) is 0 Å². The first-order valence-corrected chi connectivity index (χ1v) is 8.25. The lowest BCUT2D eigenvalue weighted by Crippen LogP contribution is -2.46. The van der Waals surface area contributed by atoms with E-state index in [2.05, 4.69) is 36.5 Å². The van der Waals surface area contributed by atoms with Gasteiger partial charge in [0.25, 0.3) is 0 Å². The monoisotopic (exact) mass is 288 g/mol. The molecule has 1 fully saturated rings. The van der Waals surface area contributed by atoms with Crippen molar-refractivity contribution in [2.24, 2.45) is 0 Å². The van der Waals surface area contributed by atoms with Gasteiger partial charge in [-0.15, -0.1) is 0 Å². The van der Waals surface area contributed by atoms with E-state index in [0.717, 1.165) is 32.5 Å². The molecular weight excluding hydrogens is 260 g/mol. The lowest BCUT2D eigenvalue weighted by Gasteiger charge is -2.25. The molecule has 1 heterocycles. The summed E-state index contributed by atoms with van der Waals surface area (Å²) in [5, 5.41) is 3.41. The maximum absolute atomic E-state index is 12.5. The highest BCUT2D eigenvalue weighted by Gasteiger charge is 2.21. The second-order valence-electron chi connectivity index (χ2n) is 6.18. The Balaban J connectivity index is 1.80. The quantitative estimate of drug-likeness (QED) is 0.902. The number of hydrogen-bond donors (Lipinski definition) is 1. The van der Waals surface area contributed by atoms with Crippen molar-refractivity contribution in [1.29, 1.82) is 0 Å². The maximum atomic E-state index is 12.5. The molecule has 0 aromatic heterocycles. The van der Waals surface area contributed by atoms with Gasteiger partial charge in [-0.25, -0.2) is 0 Å². The summed E-state index contributed by atoms with van der Waals surface area (Å²) in [5.74, 6) is 0.683. The SMILES string of the molecule is CC(NCC(C)c1ccccc1)C(=O)N1CCCCCC1. The minimum absolute atomic E-state index is 0.0886. The van der Waals surface area contributed by atoms with Gasteiger partial charge in [-0.2, -0.15) is 0 Å². The van der Waals surface area contributed by atoms with Crippen LogP contribution in [0, 0.1) is 0 Å². The molecule has 1 saturated heterocycles. The minimum Gasteiger partial charge on any atom is -0.341 e. The smallest absolute Gasteiger partial charge is 0.239 e. The molecule has 3 heteroatoms. The first-order valence-electron chi connectivity index (χ1n) is 8.25. The number of hydrogen-bond acceptors (Lipinski definition) is 2. The second kappa shape index (κ2) is 8.18. The third kappa shape index (κ3) is 4.85. The highest BCUT2D eigenvalue weighted by molar-refractivity contribution is 5.81. The molecule has 1 aliphatic heterocycles. The van der Waals surface area contributed by atoms with E-state index in [1.165, 1.54) is 18.4 Å². The van der Waals surface area contributed by atoms with Crippen molar-refractivity contribution in [3.8, 4) is 0 Å². The van der Waals surface area contributed by atoms with Crippen molar-refractivity contribution < 1.29 is 4.79 Å². The number of carbonyl (C=O) groups excluding carboxylic acids is 1. The fourth-order valence-corrected chi connectivity index (χ4v) is 2.91. The van der Waals surface area contributed by atoms with E-state index in [-0.39, 0.29) is 11.9 Å². The predicted molar refractivity (Wildman–Crippen MR) is 87.4 cm³/mol. The molecule has 1 amide bonds. The Labute approximate surface area is 128 Å². The second-order valence-corrected chi connectivity index (χ2v) is 6.18. The Morgan fingerprint density at radius 2 is 1.71 bits per heavy atom. The van der Waals surface area contributed by atoms with Crippen LogP contribution < -0.4 is 5.32 Å². The van der Waals surface area contributed by atoms with Crippen LogP contribution in [0.25, 0.3) is 0 Å². The highest BCUT2D eigenvalue weighted by Crippen LogP contribution is 2.14. The zero-order valence-corrected chi connectivity index (χ0v) is 13.3. The van der Waals surface area contributed by atoms with E-state index >= 15 is 0 Å². The van der Waals surface area contributed by atoms with Gasteiger partial charge in [0.15, 0.2) is 0 Å². The topological polar surface area (TPSA) is 32.3 Å². The summed E-state index contributed by atoms with van der Waals surface area (Å²) in [6.45, 7) is 6.89. The van der Waals surface area contributed by atoms with Crippen molar-refractivity contribution in [3.63, 3.8) is 0 Å². The fraction of sp³-hybridized carbons (Fsp3) is 0.611. The summed E-state index contributed by atoms with van der Waals surface area (Å²) in [6, 6.07) is 10.4. The van der Waals surface area contributed by atoms with Gasteiger partial charge >= 0.3 is 0 Å². The minimum atomic E-state index is -0.0886. The van der Waals surface area contributed by atoms with Gasteiger partial charge in [0.05, 0.1) is 6.04 Å². The van der Waals surface area contributed by atoms with Crippen molar-refractivity contribution >= 4 is 5.91 Å². The normalized spacial score (nSPS) is 18.9. The Kier molecular flexibility index (Phi) is 6.24. The van der Waals surface area contributed by atoms with Gasteiger partial charge in [-0.1, -0.05) is 50.1 Å². The predicted octanol–water partition coefficient (Wildman–Crippen LogP) is 3.17. The number of rotatable bonds is 5. The van der Waals surface area contributed by atoms with Crippen LogP contribution in [-0.2, 0) is 4.79 Å². The van der Waals surface area contributed by atoms with Crippen LogP contribution in [0.1, 0.15) is 51.0 Å². The summed E-state index contributed by atoms with van der Waals surface area (Å²) in [7, 11) is 0. The maximum Gasteiger partial charge on any atom is 0.239 e. The van der Waals surface area contributed by atoms with Crippen LogP contribution in [-0.4, -0.2) is 36.5 Å². The molecular formula is C18H28N2O. The lowest BCUT2D eigenvalue weighted by molar-refractivity contribution is -0.133. The molecule has 116 valence electrons. The van der Waals surface area contributed by atoms with Gasteiger partial charge in [0.1, 0.15) is 0 Å². The van der Waals surface area contributed by atoms with Gasteiger partial charge in [-0.3, -0.25) is 4.79 Å². The van der Waals surface area contributed by atoms with E-state index in [0.29, 0.717) is 5.92 Å². The van der Waals surface area contributed by atoms with Crippen molar-refractivity contribution in [3.05, 3.63) is 35.9 Å². The van der Waals surface area contributed by atoms with Crippen LogP contribution >= 0.6 is 0 Å². The molecule has 1 N–H and O–H groups in total. The standard InChI is InChI=1S/C18H28N2O/c1-15(17-10-6-5-7-11-17)14-19-16(2)18(21)20-12-8-3-4-9-13-20/h5-7,10-11,15-16,19H,3-4,8-9,12-14H2,1-2H3. The van der Waals surface area contributed by atoms with Crippen molar-refractivity contribution in [2.45, 2.75) is 51.5 Å². The average molecular weight is 288 g/mol. The fourth-order valence-electron chi connectivity index (χ4n) is 2.91. The first-order chi connectivity index (χ1) is 10.2. The van der Waals surface area contributed by atoms with E-state index in [1.807, 2.05) is 17.9 Å². The van der Waals surface area contributed by atoms with Gasteiger partial charge < -0.3 is 10.2 Å². The number of benzene rings is 1. The van der Waals surface area contributed by atoms with E-state index in [1.54, 1.807) is 0 Å². The molecule has 0 spiro atoms. The first kappa shape index (κ1) is 16.0. The van der Waals surface area contributed by atoms with E-state index in [4.69, 9.17) is 0 Å². The zero-order chi connectivity index (χ0) is 15.1. The molecule has 1 aromatic carbocycles. The Hall–Kier alpha value is -1.35. The van der Waals surface area contributed by atoms with E-state index in [9.17, 15) is 4.79 Å². The third-order valence-electron chi connectivity index (χ3n) is 4.39. The number of amides is 1. The zero-order valence-electron chi connectivity index (χ0n) is 13.3. The molecule has 0 bridgehead atoms. The number of carbonyl (C=O) groups is 1. The lowest BCUT2D eigenvalue weighted by atomic mass is 10.0. The summed E-state index contributed by atoms with van der Waals surface area (Å²) < 4.78 is 0. The molecule has 3 nitrogen and oxygen atoms in total. The Morgan fingerprint density at radius 1 is 1.10 bits per heavy atom. The number of nitrogens with one attached hydrogen (secondary N) is 1. The molecule has 0 aliphatic carbocycles.